The van der Waals surface area contributed by atoms with Crippen LogP contribution in [0.25, 0.3) is 0 Å². The Kier molecular flexibility index (Phi) is 3.82. The Morgan fingerprint density at radius 2 is 1.62 bits per heavy atom. The Morgan fingerprint density at radius 1 is 1.12 bits per heavy atom. The minimum Gasteiger partial charge on any atom is -0.293 e. The molecule has 0 amide bonds. The molecule has 1 aromatic carbocycles. The third-order valence-corrected chi connectivity index (χ3v) is 2.16. The van der Waals surface area contributed by atoms with E-state index in [-0.39, 0.29) is 5.56 Å². The summed E-state index contributed by atoms with van der Waals surface area (Å²) in [5.41, 5.74) is 0.0444. The van der Waals surface area contributed by atoms with Crippen LogP contribution in [0, 0.1) is 11.7 Å². The molecule has 0 radical (unpaired) electrons. The third kappa shape index (κ3) is 2.68. The number of hydrogen-bond acceptors (Lipinski definition) is 2. The zero-order chi connectivity index (χ0) is 12.3. The van der Waals surface area contributed by atoms with Crippen molar-refractivity contribution in [2.75, 3.05) is 0 Å². The highest BCUT2D eigenvalue weighted by molar-refractivity contribution is 6.11. The average Bonchev–Trinajstić information content (AvgIpc) is 2.27. The van der Waals surface area contributed by atoms with Crippen molar-refractivity contribution in [1.29, 1.82) is 0 Å². The van der Waals surface area contributed by atoms with Gasteiger partial charge >= 0.3 is 0 Å². The number of halogens is 3. The molecule has 0 bridgehead atoms. The lowest BCUT2D eigenvalue weighted by atomic mass is 9.96. The first kappa shape index (κ1) is 12.4. The van der Waals surface area contributed by atoms with Crippen LogP contribution in [0.4, 0.5) is 13.2 Å². The fourth-order valence-corrected chi connectivity index (χ4v) is 1.18. The Bertz CT molecular complexity index is 398. The summed E-state index contributed by atoms with van der Waals surface area (Å²) in [5, 5.41) is 0. The smallest absolute Gasteiger partial charge is 0.293 e. The lowest BCUT2D eigenvalue weighted by molar-refractivity contribution is -0.131. The van der Waals surface area contributed by atoms with Crippen LogP contribution >= 0.6 is 0 Å². The Labute approximate surface area is 90.1 Å². The van der Waals surface area contributed by atoms with E-state index in [1.807, 2.05) is 0 Å². The first-order chi connectivity index (χ1) is 7.43. The topological polar surface area (TPSA) is 34.1 Å². The molecule has 5 heteroatoms. The first-order valence-corrected chi connectivity index (χ1v) is 4.55. The zero-order valence-corrected chi connectivity index (χ0v) is 8.41. The second-order valence-electron chi connectivity index (χ2n) is 3.30. The van der Waals surface area contributed by atoms with Crippen LogP contribution in [0.5, 0.6) is 0 Å². The van der Waals surface area contributed by atoms with Gasteiger partial charge in [-0.25, -0.2) is 13.2 Å². The monoisotopic (exact) mass is 230 g/mol. The summed E-state index contributed by atoms with van der Waals surface area (Å²) in [6, 6.07) is 4.39. The van der Waals surface area contributed by atoms with E-state index in [0.717, 1.165) is 31.2 Å². The van der Waals surface area contributed by atoms with E-state index < -0.39 is 29.7 Å². The van der Waals surface area contributed by atoms with Gasteiger partial charge < -0.3 is 0 Å². The van der Waals surface area contributed by atoms with Crippen LogP contribution in [-0.4, -0.2) is 18.0 Å². The molecule has 1 atom stereocenters. The fraction of sp³-hybridized carbons (Fsp3) is 0.273. The SMILES string of the molecule is CC(C(=O)c1ccc(F)cc1)C(=O)C(F)F. The van der Waals surface area contributed by atoms with E-state index in [4.69, 9.17) is 0 Å². The van der Waals surface area contributed by atoms with E-state index in [0.29, 0.717) is 0 Å². The maximum atomic E-state index is 12.5. The Balaban J connectivity index is 2.86. The van der Waals surface area contributed by atoms with Crippen molar-refractivity contribution in [3.63, 3.8) is 0 Å². The van der Waals surface area contributed by atoms with Gasteiger partial charge in [-0.3, -0.25) is 9.59 Å². The number of benzene rings is 1. The van der Waals surface area contributed by atoms with Crippen molar-refractivity contribution in [1.82, 2.24) is 0 Å². The minimum atomic E-state index is -3.17. The number of carbonyl (C=O) groups excluding carboxylic acids is 2. The predicted molar refractivity (Wildman–Crippen MR) is 50.9 cm³/mol. The van der Waals surface area contributed by atoms with Crippen LogP contribution in [-0.2, 0) is 4.79 Å². The maximum Gasteiger partial charge on any atom is 0.296 e. The largest absolute Gasteiger partial charge is 0.296 e. The molecule has 86 valence electrons. The Hall–Kier alpha value is -1.65. The lowest BCUT2D eigenvalue weighted by Gasteiger charge is -2.08. The van der Waals surface area contributed by atoms with Gasteiger partial charge in [0.1, 0.15) is 5.82 Å². The molecule has 0 fully saturated rings. The molecule has 1 rings (SSSR count). The van der Waals surface area contributed by atoms with Gasteiger partial charge in [0.15, 0.2) is 5.78 Å². The highest BCUT2D eigenvalue weighted by Gasteiger charge is 2.29. The molecule has 0 aliphatic rings. The number of Topliss-reactive ketones (excluding diaryl/α,β-unsaturated/α-hetero) is 2. The lowest BCUT2D eigenvalue weighted by Crippen LogP contribution is -2.26. The van der Waals surface area contributed by atoms with Crippen molar-refractivity contribution in [3.8, 4) is 0 Å². The molecule has 0 N–H and O–H groups in total. The summed E-state index contributed by atoms with van der Waals surface area (Å²) in [4.78, 5) is 22.4. The fourth-order valence-electron chi connectivity index (χ4n) is 1.18. The van der Waals surface area contributed by atoms with Gasteiger partial charge in [0, 0.05) is 5.56 Å². The van der Waals surface area contributed by atoms with Gasteiger partial charge in [0.2, 0.25) is 5.78 Å². The van der Waals surface area contributed by atoms with Crippen LogP contribution in [0.15, 0.2) is 24.3 Å². The number of ketones is 2. The molecule has 1 aromatic rings. The molecule has 2 nitrogen and oxygen atoms in total. The van der Waals surface area contributed by atoms with E-state index in [1.54, 1.807) is 0 Å². The van der Waals surface area contributed by atoms with Crippen LogP contribution < -0.4 is 0 Å². The van der Waals surface area contributed by atoms with Gasteiger partial charge in [-0.05, 0) is 31.2 Å². The summed E-state index contributed by atoms with van der Waals surface area (Å²) in [7, 11) is 0. The van der Waals surface area contributed by atoms with Crippen molar-refractivity contribution >= 4 is 11.6 Å². The molecule has 0 spiro atoms. The van der Waals surface area contributed by atoms with Gasteiger partial charge in [0.25, 0.3) is 6.43 Å². The van der Waals surface area contributed by atoms with Crippen molar-refractivity contribution in [2.24, 2.45) is 5.92 Å². The van der Waals surface area contributed by atoms with E-state index >= 15 is 0 Å². The average molecular weight is 230 g/mol. The van der Waals surface area contributed by atoms with Crippen LogP contribution in [0.2, 0.25) is 0 Å². The van der Waals surface area contributed by atoms with E-state index in [9.17, 15) is 22.8 Å². The number of hydrogen-bond donors (Lipinski definition) is 0. The van der Waals surface area contributed by atoms with Crippen LogP contribution in [0.3, 0.4) is 0 Å². The molecule has 16 heavy (non-hydrogen) atoms. The summed E-state index contributed by atoms with van der Waals surface area (Å²) in [5.74, 6) is -4.10. The number of rotatable bonds is 4. The molecule has 0 aliphatic heterocycles. The molecule has 0 aliphatic carbocycles. The van der Waals surface area contributed by atoms with Gasteiger partial charge in [-0.1, -0.05) is 0 Å². The van der Waals surface area contributed by atoms with E-state index in [2.05, 4.69) is 0 Å². The van der Waals surface area contributed by atoms with Crippen LogP contribution in [0.1, 0.15) is 17.3 Å². The molecule has 0 saturated heterocycles. The second-order valence-corrected chi connectivity index (χ2v) is 3.30. The van der Waals surface area contributed by atoms with Crippen molar-refractivity contribution < 1.29 is 22.8 Å². The maximum absolute atomic E-state index is 12.5. The van der Waals surface area contributed by atoms with E-state index in [1.165, 1.54) is 0 Å². The van der Waals surface area contributed by atoms with Gasteiger partial charge in [0.05, 0.1) is 5.92 Å². The molecular formula is C11H9F3O2. The molecule has 0 heterocycles. The van der Waals surface area contributed by atoms with Gasteiger partial charge in [-0.15, -0.1) is 0 Å². The normalized spacial score (nSPS) is 12.6. The number of carbonyl (C=O) groups is 2. The Morgan fingerprint density at radius 3 is 2.06 bits per heavy atom. The van der Waals surface area contributed by atoms with Crippen molar-refractivity contribution in [2.45, 2.75) is 13.3 Å². The number of alkyl halides is 2. The highest BCUT2D eigenvalue weighted by atomic mass is 19.3. The molecule has 1 unspecified atom stereocenters. The van der Waals surface area contributed by atoms with Gasteiger partial charge in [-0.2, -0.15) is 0 Å². The minimum absolute atomic E-state index is 0.0444. The third-order valence-electron chi connectivity index (χ3n) is 2.16. The van der Waals surface area contributed by atoms with Crippen molar-refractivity contribution in [3.05, 3.63) is 35.6 Å². The standard InChI is InChI=1S/C11H9F3O2/c1-6(10(16)11(13)14)9(15)7-2-4-8(12)5-3-7/h2-6,11H,1H3. The molecular weight excluding hydrogens is 221 g/mol. The molecule has 0 aromatic heterocycles. The summed E-state index contributed by atoms with van der Waals surface area (Å²) >= 11 is 0. The summed E-state index contributed by atoms with van der Waals surface area (Å²) in [6.07, 6.45) is -3.17. The summed E-state index contributed by atoms with van der Waals surface area (Å²) in [6.45, 7) is 1.11. The second kappa shape index (κ2) is 4.92. The highest BCUT2D eigenvalue weighted by Crippen LogP contribution is 2.13. The summed E-state index contributed by atoms with van der Waals surface area (Å²) < 4.78 is 36.7. The quantitative estimate of drug-likeness (QED) is 0.588. The predicted octanol–water partition coefficient (Wildman–Crippen LogP) is 2.48. The molecule has 0 saturated carbocycles. The zero-order valence-electron chi connectivity index (χ0n) is 8.41. The first-order valence-electron chi connectivity index (χ1n) is 4.55.